The molecule has 3 aromatic heterocycles. The molecule has 1 aliphatic heterocycles. The third kappa shape index (κ3) is 4.24. The first-order chi connectivity index (χ1) is 16.2. The fourth-order valence-corrected chi connectivity index (χ4v) is 5.27. The summed E-state index contributed by atoms with van der Waals surface area (Å²) < 4.78 is 10.2. The van der Waals surface area contributed by atoms with Crippen LogP contribution in [-0.2, 0) is 18.2 Å². The summed E-state index contributed by atoms with van der Waals surface area (Å²) in [6.07, 6.45) is 14.8. The molecule has 176 valence electrons. The number of imidazole rings is 1. The largest absolute Gasteiger partial charge is 0.358 e. The summed E-state index contributed by atoms with van der Waals surface area (Å²) in [7, 11) is 2.03. The van der Waals surface area contributed by atoms with Gasteiger partial charge >= 0.3 is 0 Å². The molecule has 1 atom stereocenters. The Kier molecular flexibility index (Phi) is 5.54. The van der Waals surface area contributed by atoms with E-state index in [9.17, 15) is 0 Å². The van der Waals surface area contributed by atoms with Crippen LogP contribution >= 0.6 is 0 Å². The minimum Gasteiger partial charge on any atom is -0.358 e. The first-order valence-corrected chi connectivity index (χ1v) is 12.5. The lowest BCUT2D eigenvalue weighted by atomic mass is 9.92. The third-order valence-corrected chi connectivity index (χ3v) is 7.49. The number of aryl methyl sites for hydroxylation is 1. The number of rotatable bonds is 6. The maximum atomic E-state index is 6.12. The SMILES string of the molecule is Cn1ncc(-c2nc(NC3CCC(N)CC3)nc3c2ncn3C2CCCCO2)c1CC1CC1. The van der Waals surface area contributed by atoms with Crippen molar-refractivity contribution in [3.05, 3.63) is 18.2 Å². The number of nitrogens with zero attached hydrogens (tertiary/aromatic N) is 6. The van der Waals surface area contributed by atoms with E-state index in [0.717, 1.165) is 86.3 Å². The van der Waals surface area contributed by atoms with Gasteiger partial charge in [0, 0.05) is 37.0 Å². The minimum atomic E-state index is -0.0214. The van der Waals surface area contributed by atoms with Crippen LogP contribution in [-0.4, -0.2) is 48.0 Å². The van der Waals surface area contributed by atoms with E-state index >= 15 is 0 Å². The van der Waals surface area contributed by atoms with E-state index < -0.39 is 0 Å². The Balaban J connectivity index is 1.42. The number of ether oxygens (including phenoxy) is 1. The van der Waals surface area contributed by atoms with E-state index in [-0.39, 0.29) is 6.23 Å². The topological polar surface area (TPSA) is 109 Å². The number of hydrogen-bond acceptors (Lipinski definition) is 7. The van der Waals surface area contributed by atoms with Crippen molar-refractivity contribution in [3.63, 3.8) is 0 Å². The summed E-state index contributed by atoms with van der Waals surface area (Å²) in [5.74, 6) is 1.42. The highest BCUT2D eigenvalue weighted by Gasteiger charge is 2.28. The molecule has 0 bridgehead atoms. The molecule has 3 fully saturated rings. The lowest BCUT2D eigenvalue weighted by Crippen LogP contribution is -2.33. The monoisotopic (exact) mass is 450 g/mol. The fraction of sp³-hybridized carbons (Fsp3) is 0.667. The number of nitrogens with two attached hydrogens (primary N) is 1. The summed E-state index contributed by atoms with van der Waals surface area (Å²) in [6.45, 7) is 0.782. The van der Waals surface area contributed by atoms with Crippen LogP contribution in [0.4, 0.5) is 5.95 Å². The molecule has 4 heterocycles. The van der Waals surface area contributed by atoms with Gasteiger partial charge in [0.15, 0.2) is 5.65 Å². The van der Waals surface area contributed by atoms with Gasteiger partial charge in [0.05, 0.1) is 12.5 Å². The molecule has 1 unspecified atom stereocenters. The summed E-state index contributed by atoms with van der Waals surface area (Å²) in [5.41, 5.74) is 11.0. The van der Waals surface area contributed by atoms with E-state index in [1.807, 2.05) is 24.3 Å². The zero-order chi connectivity index (χ0) is 22.4. The Labute approximate surface area is 194 Å². The van der Waals surface area contributed by atoms with Crippen LogP contribution in [0.3, 0.4) is 0 Å². The smallest absolute Gasteiger partial charge is 0.225 e. The van der Waals surface area contributed by atoms with Gasteiger partial charge in [0.1, 0.15) is 17.4 Å². The molecular formula is C24H34N8O. The average Bonchev–Trinajstić information content (AvgIpc) is 3.44. The Morgan fingerprint density at radius 2 is 1.94 bits per heavy atom. The maximum Gasteiger partial charge on any atom is 0.225 e. The van der Waals surface area contributed by atoms with Crippen molar-refractivity contribution in [3.8, 4) is 11.3 Å². The molecule has 3 aromatic rings. The van der Waals surface area contributed by atoms with Crippen molar-refractivity contribution in [1.29, 1.82) is 0 Å². The Hall–Kier alpha value is -2.52. The standard InChI is InChI=1S/C24H34N8O/c1-31-19(12-15-5-6-15)18(13-27-31)21-22-23(32(14-26-22)20-4-2-3-11-33-20)30-24(29-21)28-17-9-7-16(25)8-10-17/h13-17,20H,2-12,25H2,1H3,(H,28,29,30). The molecular weight excluding hydrogens is 416 g/mol. The molecule has 0 radical (unpaired) electrons. The highest BCUT2D eigenvalue weighted by atomic mass is 16.5. The molecule has 1 saturated heterocycles. The van der Waals surface area contributed by atoms with Crippen molar-refractivity contribution < 1.29 is 4.74 Å². The van der Waals surface area contributed by atoms with Gasteiger partial charge in [-0.1, -0.05) is 0 Å². The molecule has 0 aromatic carbocycles. The van der Waals surface area contributed by atoms with E-state index in [1.54, 1.807) is 0 Å². The Morgan fingerprint density at radius 3 is 2.70 bits per heavy atom. The molecule has 33 heavy (non-hydrogen) atoms. The number of fused-ring (bicyclic) bond motifs is 1. The molecule has 0 spiro atoms. The summed E-state index contributed by atoms with van der Waals surface area (Å²) in [4.78, 5) is 14.8. The minimum absolute atomic E-state index is 0.0214. The molecule has 0 amide bonds. The number of hydrogen-bond donors (Lipinski definition) is 2. The van der Waals surface area contributed by atoms with E-state index in [2.05, 4.69) is 15.0 Å². The first kappa shape index (κ1) is 21.0. The number of aromatic nitrogens is 6. The maximum absolute atomic E-state index is 6.12. The van der Waals surface area contributed by atoms with Crippen LogP contribution in [0.5, 0.6) is 0 Å². The van der Waals surface area contributed by atoms with Gasteiger partial charge in [0.2, 0.25) is 5.95 Å². The van der Waals surface area contributed by atoms with Gasteiger partial charge in [-0.2, -0.15) is 10.1 Å². The van der Waals surface area contributed by atoms with Crippen LogP contribution in [0.1, 0.15) is 69.7 Å². The number of anilines is 1. The van der Waals surface area contributed by atoms with Crippen LogP contribution < -0.4 is 11.1 Å². The van der Waals surface area contributed by atoms with Gasteiger partial charge in [-0.3, -0.25) is 9.25 Å². The molecule has 9 nitrogen and oxygen atoms in total. The highest BCUT2D eigenvalue weighted by molar-refractivity contribution is 5.89. The van der Waals surface area contributed by atoms with Gasteiger partial charge in [-0.25, -0.2) is 9.97 Å². The zero-order valence-electron chi connectivity index (χ0n) is 19.4. The molecule has 2 saturated carbocycles. The van der Waals surface area contributed by atoms with E-state index in [1.165, 1.54) is 18.5 Å². The molecule has 6 rings (SSSR count). The van der Waals surface area contributed by atoms with Crippen LogP contribution in [0.15, 0.2) is 12.5 Å². The van der Waals surface area contributed by atoms with Crippen molar-refractivity contribution in [1.82, 2.24) is 29.3 Å². The first-order valence-electron chi connectivity index (χ1n) is 12.5. The molecule has 3 N–H and O–H groups in total. The summed E-state index contributed by atoms with van der Waals surface area (Å²) in [5, 5.41) is 8.21. The van der Waals surface area contributed by atoms with Crippen LogP contribution in [0, 0.1) is 5.92 Å². The Bertz CT molecular complexity index is 1120. The lowest BCUT2D eigenvalue weighted by molar-refractivity contribution is -0.0298. The van der Waals surface area contributed by atoms with Gasteiger partial charge < -0.3 is 15.8 Å². The predicted octanol–water partition coefficient (Wildman–Crippen LogP) is 3.56. The zero-order valence-corrected chi connectivity index (χ0v) is 19.4. The molecule has 3 aliphatic rings. The van der Waals surface area contributed by atoms with Crippen LogP contribution in [0.2, 0.25) is 0 Å². The van der Waals surface area contributed by atoms with Gasteiger partial charge in [0.25, 0.3) is 0 Å². The summed E-state index contributed by atoms with van der Waals surface area (Å²) >= 11 is 0. The quantitative estimate of drug-likeness (QED) is 0.591. The van der Waals surface area contributed by atoms with Gasteiger partial charge in [-0.15, -0.1) is 0 Å². The van der Waals surface area contributed by atoms with Crippen molar-refractivity contribution in [2.75, 3.05) is 11.9 Å². The van der Waals surface area contributed by atoms with Gasteiger partial charge in [-0.05, 0) is 70.1 Å². The molecule has 2 aliphatic carbocycles. The van der Waals surface area contributed by atoms with Crippen molar-refractivity contribution in [2.45, 2.75) is 82.5 Å². The van der Waals surface area contributed by atoms with Crippen molar-refractivity contribution in [2.24, 2.45) is 18.7 Å². The number of nitrogens with one attached hydrogen (secondary N) is 1. The van der Waals surface area contributed by atoms with E-state index in [4.69, 9.17) is 25.4 Å². The second kappa shape index (κ2) is 8.68. The third-order valence-electron chi connectivity index (χ3n) is 7.49. The fourth-order valence-electron chi connectivity index (χ4n) is 5.27. The van der Waals surface area contributed by atoms with Crippen LogP contribution in [0.25, 0.3) is 22.4 Å². The predicted molar refractivity (Wildman–Crippen MR) is 127 cm³/mol. The van der Waals surface area contributed by atoms with E-state index in [0.29, 0.717) is 18.0 Å². The molecule has 9 heteroatoms. The second-order valence-corrected chi connectivity index (χ2v) is 10.1. The lowest BCUT2D eigenvalue weighted by Gasteiger charge is -2.27. The second-order valence-electron chi connectivity index (χ2n) is 10.1. The summed E-state index contributed by atoms with van der Waals surface area (Å²) in [6, 6.07) is 0.657. The highest BCUT2D eigenvalue weighted by Crippen LogP contribution is 2.37. The Morgan fingerprint density at radius 1 is 1.09 bits per heavy atom. The van der Waals surface area contributed by atoms with Crippen molar-refractivity contribution >= 4 is 17.1 Å². The normalized spacial score (nSPS) is 26.1. The average molecular weight is 451 g/mol.